The van der Waals surface area contributed by atoms with Gasteiger partial charge >= 0.3 is 0 Å². The molecule has 0 amide bonds. The molecule has 2 heteroatoms. The molecule has 0 saturated heterocycles. The van der Waals surface area contributed by atoms with Crippen LogP contribution in [0.4, 0.5) is 0 Å². The Morgan fingerprint density at radius 3 is 2.56 bits per heavy atom. The zero-order valence-electron chi connectivity index (χ0n) is 12.5. The van der Waals surface area contributed by atoms with Gasteiger partial charge in [-0.25, -0.2) is 0 Å². The van der Waals surface area contributed by atoms with Crippen molar-refractivity contribution in [2.45, 2.75) is 77.3 Å². The van der Waals surface area contributed by atoms with Crippen LogP contribution >= 0.6 is 0 Å². The van der Waals surface area contributed by atoms with Gasteiger partial charge in [0.05, 0.1) is 0 Å². The topological polar surface area (TPSA) is 15.3 Å². The van der Waals surface area contributed by atoms with E-state index in [9.17, 15) is 0 Å². The van der Waals surface area contributed by atoms with Crippen LogP contribution in [0.25, 0.3) is 0 Å². The highest BCUT2D eigenvalue weighted by Crippen LogP contribution is 2.32. The number of hydrogen-bond acceptors (Lipinski definition) is 2. The summed E-state index contributed by atoms with van der Waals surface area (Å²) in [5.74, 6) is 1.04. The summed E-state index contributed by atoms with van der Waals surface area (Å²) in [4.78, 5) is 2.82. The summed E-state index contributed by atoms with van der Waals surface area (Å²) in [5.41, 5.74) is 0. The minimum atomic E-state index is 0.794. The zero-order chi connectivity index (χ0) is 12.8. The molecule has 1 N–H and O–H groups in total. The monoisotopic (exact) mass is 252 g/mol. The zero-order valence-corrected chi connectivity index (χ0v) is 12.5. The van der Waals surface area contributed by atoms with Gasteiger partial charge in [0.1, 0.15) is 0 Å². The quantitative estimate of drug-likeness (QED) is 0.712. The van der Waals surface area contributed by atoms with E-state index in [0.717, 1.165) is 18.0 Å². The van der Waals surface area contributed by atoms with Crippen molar-refractivity contribution in [3.8, 4) is 0 Å². The molecule has 2 atom stereocenters. The molecular formula is C16H32N2. The van der Waals surface area contributed by atoms with Gasteiger partial charge in [0.25, 0.3) is 0 Å². The maximum Gasteiger partial charge on any atom is 0.0110 e. The molecule has 2 aliphatic carbocycles. The minimum Gasteiger partial charge on any atom is -0.314 e. The SMILES string of the molecule is CCCNC1CCCC(N(CCC)CC2CC2)C1. The molecule has 0 aliphatic heterocycles. The molecule has 106 valence electrons. The third-order valence-corrected chi connectivity index (χ3v) is 4.55. The van der Waals surface area contributed by atoms with Crippen molar-refractivity contribution in [3.05, 3.63) is 0 Å². The maximum absolute atomic E-state index is 3.74. The Balaban J connectivity index is 1.79. The largest absolute Gasteiger partial charge is 0.314 e. The van der Waals surface area contributed by atoms with Crippen molar-refractivity contribution >= 4 is 0 Å². The molecule has 2 aliphatic rings. The van der Waals surface area contributed by atoms with Crippen LogP contribution < -0.4 is 5.32 Å². The summed E-state index contributed by atoms with van der Waals surface area (Å²) in [7, 11) is 0. The van der Waals surface area contributed by atoms with E-state index in [4.69, 9.17) is 0 Å². The molecule has 0 aromatic carbocycles. The number of hydrogen-bond donors (Lipinski definition) is 1. The van der Waals surface area contributed by atoms with E-state index in [2.05, 4.69) is 24.1 Å². The first-order valence-electron chi connectivity index (χ1n) is 8.30. The molecule has 0 spiro atoms. The van der Waals surface area contributed by atoms with Gasteiger partial charge in [0.2, 0.25) is 0 Å². The number of nitrogens with zero attached hydrogens (tertiary/aromatic N) is 1. The van der Waals surface area contributed by atoms with Crippen LogP contribution in [0.15, 0.2) is 0 Å². The van der Waals surface area contributed by atoms with Gasteiger partial charge < -0.3 is 10.2 Å². The van der Waals surface area contributed by atoms with E-state index >= 15 is 0 Å². The molecule has 0 aromatic rings. The van der Waals surface area contributed by atoms with Crippen LogP contribution in [0, 0.1) is 5.92 Å². The van der Waals surface area contributed by atoms with E-state index in [1.165, 1.54) is 71.0 Å². The second-order valence-electron chi connectivity index (χ2n) is 6.41. The number of nitrogens with one attached hydrogen (secondary N) is 1. The van der Waals surface area contributed by atoms with E-state index in [1.54, 1.807) is 0 Å². The Hall–Kier alpha value is -0.0800. The Labute approximate surface area is 114 Å². The highest BCUT2D eigenvalue weighted by atomic mass is 15.2. The van der Waals surface area contributed by atoms with Crippen molar-refractivity contribution in [1.82, 2.24) is 10.2 Å². The van der Waals surface area contributed by atoms with Crippen LogP contribution in [0.5, 0.6) is 0 Å². The first kappa shape index (κ1) is 14.3. The van der Waals surface area contributed by atoms with Crippen molar-refractivity contribution in [2.24, 2.45) is 5.92 Å². The third kappa shape index (κ3) is 4.55. The molecule has 0 aromatic heterocycles. The Bertz CT molecular complexity index is 225. The molecule has 18 heavy (non-hydrogen) atoms. The van der Waals surface area contributed by atoms with Gasteiger partial charge in [-0.05, 0) is 64.0 Å². The summed E-state index contributed by atoms with van der Waals surface area (Å²) in [6.07, 6.45) is 11.2. The van der Waals surface area contributed by atoms with Crippen LogP contribution in [0.2, 0.25) is 0 Å². The average molecular weight is 252 g/mol. The average Bonchev–Trinajstić information content (AvgIpc) is 3.20. The fourth-order valence-electron chi connectivity index (χ4n) is 3.37. The minimum absolute atomic E-state index is 0.794. The standard InChI is InChI=1S/C16H32N2/c1-3-10-17-15-6-5-7-16(12-15)18(11-4-2)13-14-8-9-14/h14-17H,3-13H2,1-2H3. The second kappa shape index (κ2) is 7.49. The van der Waals surface area contributed by atoms with E-state index in [1.807, 2.05) is 0 Å². The molecular weight excluding hydrogens is 220 g/mol. The van der Waals surface area contributed by atoms with Crippen molar-refractivity contribution < 1.29 is 0 Å². The molecule has 0 bridgehead atoms. The van der Waals surface area contributed by atoms with Gasteiger partial charge in [-0.3, -0.25) is 0 Å². The highest BCUT2D eigenvalue weighted by molar-refractivity contribution is 4.87. The predicted molar refractivity (Wildman–Crippen MR) is 78.9 cm³/mol. The Morgan fingerprint density at radius 1 is 1.06 bits per heavy atom. The molecule has 2 rings (SSSR count). The fourth-order valence-corrected chi connectivity index (χ4v) is 3.37. The summed E-state index contributed by atoms with van der Waals surface area (Å²) in [6, 6.07) is 1.66. The summed E-state index contributed by atoms with van der Waals surface area (Å²) < 4.78 is 0. The number of rotatable bonds is 8. The first-order chi connectivity index (χ1) is 8.83. The van der Waals surface area contributed by atoms with E-state index in [-0.39, 0.29) is 0 Å². The summed E-state index contributed by atoms with van der Waals surface area (Å²) in [6.45, 7) is 8.51. The maximum atomic E-state index is 3.74. The lowest BCUT2D eigenvalue weighted by Gasteiger charge is -2.38. The summed E-state index contributed by atoms with van der Waals surface area (Å²) in [5, 5.41) is 3.74. The molecule has 2 saturated carbocycles. The van der Waals surface area contributed by atoms with Crippen molar-refractivity contribution in [1.29, 1.82) is 0 Å². The molecule has 2 nitrogen and oxygen atoms in total. The summed E-state index contributed by atoms with van der Waals surface area (Å²) >= 11 is 0. The third-order valence-electron chi connectivity index (χ3n) is 4.55. The molecule has 2 unspecified atom stereocenters. The van der Waals surface area contributed by atoms with Crippen LogP contribution in [-0.4, -0.2) is 36.6 Å². The molecule has 2 fully saturated rings. The lowest BCUT2D eigenvalue weighted by molar-refractivity contribution is 0.133. The molecule has 0 radical (unpaired) electrons. The Kier molecular flexibility index (Phi) is 5.97. The Morgan fingerprint density at radius 2 is 1.89 bits per heavy atom. The second-order valence-corrected chi connectivity index (χ2v) is 6.41. The predicted octanol–water partition coefficient (Wildman–Crippen LogP) is 3.42. The smallest absolute Gasteiger partial charge is 0.0110 e. The normalized spacial score (nSPS) is 28.8. The molecule has 0 heterocycles. The van der Waals surface area contributed by atoms with Gasteiger partial charge in [-0.1, -0.05) is 20.3 Å². The lowest BCUT2D eigenvalue weighted by atomic mass is 9.89. The van der Waals surface area contributed by atoms with Crippen molar-refractivity contribution in [2.75, 3.05) is 19.6 Å². The van der Waals surface area contributed by atoms with Gasteiger partial charge in [-0.2, -0.15) is 0 Å². The van der Waals surface area contributed by atoms with Gasteiger partial charge in [0.15, 0.2) is 0 Å². The fraction of sp³-hybridized carbons (Fsp3) is 1.00. The van der Waals surface area contributed by atoms with E-state index in [0.29, 0.717) is 0 Å². The van der Waals surface area contributed by atoms with Gasteiger partial charge in [-0.15, -0.1) is 0 Å². The van der Waals surface area contributed by atoms with Crippen LogP contribution in [0.1, 0.15) is 65.2 Å². The highest BCUT2D eigenvalue weighted by Gasteiger charge is 2.30. The van der Waals surface area contributed by atoms with Crippen molar-refractivity contribution in [3.63, 3.8) is 0 Å². The van der Waals surface area contributed by atoms with Crippen LogP contribution in [0.3, 0.4) is 0 Å². The van der Waals surface area contributed by atoms with E-state index < -0.39 is 0 Å². The van der Waals surface area contributed by atoms with Crippen LogP contribution in [-0.2, 0) is 0 Å². The lowest BCUT2D eigenvalue weighted by Crippen LogP contribution is -2.45. The van der Waals surface area contributed by atoms with Gasteiger partial charge in [0, 0.05) is 18.6 Å². The first-order valence-corrected chi connectivity index (χ1v) is 8.30.